The van der Waals surface area contributed by atoms with Crippen molar-refractivity contribution >= 4 is 28.7 Å². The molecule has 0 aromatic heterocycles. The molecule has 0 saturated carbocycles. The molecule has 0 fully saturated rings. The van der Waals surface area contributed by atoms with Gasteiger partial charge in [-0.05, 0) is 30.2 Å². The summed E-state index contributed by atoms with van der Waals surface area (Å²) in [7, 11) is 2.39. The van der Waals surface area contributed by atoms with Gasteiger partial charge in [-0.1, -0.05) is 24.3 Å². The van der Waals surface area contributed by atoms with Crippen molar-refractivity contribution in [2.24, 2.45) is 0 Å². The molecule has 0 amide bonds. The molecule has 2 aromatic rings. The van der Waals surface area contributed by atoms with Crippen molar-refractivity contribution in [2.75, 3.05) is 20.8 Å². The van der Waals surface area contributed by atoms with E-state index in [0.717, 1.165) is 0 Å². The van der Waals surface area contributed by atoms with E-state index in [1.54, 1.807) is 38.1 Å². The summed E-state index contributed by atoms with van der Waals surface area (Å²) in [6.45, 7) is 3.49. The van der Waals surface area contributed by atoms with Gasteiger partial charge in [0.05, 0.1) is 37.5 Å². The zero-order chi connectivity index (χ0) is 17.9. The summed E-state index contributed by atoms with van der Waals surface area (Å²) >= 11 is 0. The maximum atomic E-state index is 12.4. The minimum absolute atomic E-state index is 0.00592. The van der Waals surface area contributed by atoms with Crippen LogP contribution in [0.2, 0.25) is 0 Å². The van der Waals surface area contributed by atoms with Gasteiger partial charge in [-0.3, -0.25) is 0 Å². The number of carbonyl (C=O) groups is 3. The standard InChI is InChI=1S/C18H18O6/c1-5-24-18(21)13-10(2)11-8-6-7-9-12(11)14(16(19)22-3)15(13)17(20)23-4/h6-9H,5H2,1-4H3. The molecular formula is C18H18O6. The van der Waals surface area contributed by atoms with Crippen molar-refractivity contribution in [3.8, 4) is 0 Å². The van der Waals surface area contributed by atoms with E-state index in [-0.39, 0.29) is 23.3 Å². The summed E-state index contributed by atoms with van der Waals surface area (Å²) in [4.78, 5) is 37.1. The molecule has 0 bridgehead atoms. The van der Waals surface area contributed by atoms with Crippen molar-refractivity contribution < 1.29 is 28.6 Å². The summed E-state index contributed by atoms with van der Waals surface area (Å²) in [6, 6.07) is 6.97. The van der Waals surface area contributed by atoms with Gasteiger partial charge in [-0.25, -0.2) is 14.4 Å². The van der Waals surface area contributed by atoms with E-state index in [9.17, 15) is 14.4 Å². The maximum Gasteiger partial charge on any atom is 0.339 e. The number of benzene rings is 2. The number of esters is 3. The van der Waals surface area contributed by atoms with Gasteiger partial charge >= 0.3 is 17.9 Å². The first-order chi connectivity index (χ1) is 11.5. The molecule has 0 saturated heterocycles. The van der Waals surface area contributed by atoms with Gasteiger partial charge in [0.25, 0.3) is 0 Å². The number of ether oxygens (including phenoxy) is 3. The van der Waals surface area contributed by atoms with Crippen molar-refractivity contribution in [3.05, 3.63) is 46.5 Å². The molecule has 2 rings (SSSR count). The van der Waals surface area contributed by atoms with Crippen molar-refractivity contribution in [2.45, 2.75) is 13.8 Å². The van der Waals surface area contributed by atoms with Crippen LogP contribution in [-0.2, 0) is 14.2 Å². The number of fused-ring (bicyclic) bond motifs is 1. The lowest BCUT2D eigenvalue weighted by Gasteiger charge is -2.17. The Morgan fingerprint density at radius 1 is 0.833 bits per heavy atom. The van der Waals surface area contributed by atoms with Gasteiger partial charge in [0.2, 0.25) is 0 Å². The second kappa shape index (κ2) is 7.12. The molecular weight excluding hydrogens is 312 g/mol. The average molecular weight is 330 g/mol. The Labute approximate surface area is 139 Å². The first-order valence-electron chi connectivity index (χ1n) is 7.36. The van der Waals surface area contributed by atoms with Crippen LogP contribution in [0.25, 0.3) is 10.8 Å². The van der Waals surface area contributed by atoms with Gasteiger partial charge in [0, 0.05) is 0 Å². The zero-order valence-electron chi connectivity index (χ0n) is 14.0. The van der Waals surface area contributed by atoms with E-state index < -0.39 is 17.9 Å². The first kappa shape index (κ1) is 17.5. The zero-order valence-corrected chi connectivity index (χ0v) is 14.0. The Bertz CT molecular complexity index is 822. The minimum atomic E-state index is -0.799. The third kappa shape index (κ3) is 2.82. The third-order valence-corrected chi connectivity index (χ3v) is 3.73. The third-order valence-electron chi connectivity index (χ3n) is 3.73. The molecule has 6 heteroatoms. The molecule has 0 atom stereocenters. The molecule has 24 heavy (non-hydrogen) atoms. The number of carbonyl (C=O) groups excluding carboxylic acids is 3. The van der Waals surface area contributed by atoms with E-state index in [0.29, 0.717) is 16.3 Å². The summed E-state index contributed by atoms with van der Waals surface area (Å²) in [5.41, 5.74) is 0.410. The van der Waals surface area contributed by atoms with E-state index >= 15 is 0 Å². The summed E-state index contributed by atoms with van der Waals surface area (Å²) in [6.07, 6.45) is 0. The predicted molar refractivity (Wildman–Crippen MR) is 87.3 cm³/mol. The Morgan fingerprint density at radius 3 is 1.92 bits per heavy atom. The number of rotatable bonds is 4. The van der Waals surface area contributed by atoms with Crippen LogP contribution in [0.1, 0.15) is 43.6 Å². The van der Waals surface area contributed by atoms with Crippen LogP contribution in [0.5, 0.6) is 0 Å². The highest BCUT2D eigenvalue weighted by Crippen LogP contribution is 2.32. The second-order valence-electron chi connectivity index (χ2n) is 5.00. The summed E-state index contributed by atoms with van der Waals surface area (Å²) in [5, 5.41) is 1.17. The molecule has 0 unspecified atom stereocenters. The molecule has 0 radical (unpaired) electrons. The van der Waals surface area contributed by atoms with Crippen molar-refractivity contribution in [3.63, 3.8) is 0 Å². The predicted octanol–water partition coefficient (Wildman–Crippen LogP) is 2.90. The SMILES string of the molecule is CCOC(=O)c1c(C(=O)OC)c(C(=O)OC)c2ccccc2c1C. The lowest BCUT2D eigenvalue weighted by Crippen LogP contribution is -2.20. The highest BCUT2D eigenvalue weighted by atomic mass is 16.5. The largest absolute Gasteiger partial charge is 0.465 e. The quantitative estimate of drug-likeness (QED) is 0.633. The number of hydrogen-bond donors (Lipinski definition) is 0. The number of hydrogen-bond acceptors (Lipinski definition) is 6. The Balaban J connectivity index is 3.02. The molecule has 6 nitrogen and oxygen atoms in total. The molecule has 2 aromatic carbocycles. The highest BCUT2D eigenvalue weighted by Gasteiger charge is 2.31. The molecule has 0 aliphatic carbocycles. The average Bonchev–Trinajstić information content (AvgIpc) is 2.60. The first-order valence-corrected chi connectivity index (χ1v) is 7.36. The van der Waals surface area contributed by atoms with E-state index in [1.807, 2.05) is 0 Å². The fourth-order valence-corrected chi connectivity index (χ4v) is 2.69. The number of methoxy groups -OCH3 is 2. The molecule has 126 valence electrons. The maximum absolute atomic E-state index is 12.4. The van der Waals surface area contributed by atoms with Crippen LogP contribution in [-0.4, -0.2) is 38.7 Å². The number of aryl methyl sites for hydroxylation is 1. The second-order valence-corrected chi connectivity index (χ2v) is 5.00. The van der Waals surface area contributed by atoms with E-state index in [4.69, 9.17) is 14.2 Å². The van der Waals surface area contributed by atoms with E-state index in [1.165, 1.54) is 14.2 Å². The van der Waals surface area contributed by atoms with Gasteiger partial charge in [-0.2, -0.15) is 0 Å². The fourth-order valence-electron chi connectivity index (χ4n) is 2.69. The van der Waals surface area contributed by atoms with Crippen LogP contribution in [0.4, 0.5) is 0 Å². The summed E-state index contributed by atoms with van der Waals surface area (Å²) < 4.78 is 14.7. The Kier molecular flexibility index (Phi) is 5.18. The van der Waals surface area contributed by atoms with Crippen LogP contribution in [0, 0.1) is 6.92 Å². The van der Waals surface area contributed by atoms with Gasteiger partial charge in [-0.15, -0.1) is 0 Å². The highest BCUT2D eigenvalue weighted by molar-refractivity contribution is 6.19. The van der Waals surface area contributed by atoms with Crippen LogP contribution < -0.4 is 0 Å². The Morgan fingerprint density at radius 2 is 1.38 bits per heavy atom. The monoisotopic (exact) mass is 330 g/mol. The van der Waals surface area contributed by atoms with Crippen molar-refractivity contribution in [1.82, 2.24) is 0 Å². The van der Waals surface area contributed by atoms with E-state index in [2.05, 4.69) is 0 Å². The van der Waals surface area contributed by atoms with Gasteiger partial charge in [0.15, 0.2) is 0 Å². The Hall–Kier alpha value is -2.89. The van der Waals surface area contributed by atoms with Crippen LogP contribution in [0.15, 0.2) is 24.3 Å². The van der Waals surface area contributed by atoms with Crippen molar-refractivity contribution in [1.29, 1.82) is 0 Å². The molecule has 0 spiro atoms. The van der Waals surface area contributed by atoms with Gasteiger partial charge < -0.3 is 14.2 Å². The molecule has 0 aliphatic heterocycles. The smallest absolute Gasteiger partial charge is 0.339 e. The topological polar surface area (TPSA) is 78.9 Å². The molecule has 0 heterocycles. The molecule has 0 N–H and O–H groups in total. The van der Waals surface area contributed by atoms with Crippen LogP contribution >= 0.6 is 0 Å². The molecule has 0 aliphatic rings. The van der Waals surface area contributed by atoms with Crippen LogP contribution in [0.3, 0.4) is 0 Å². The fraction of sp³-hybridized carbons (Fsp3) is 0.278. The normalized spacial score (nSPS) is 10.3. The van der Waals surface area contributed by atoms with Gasteiger partial charge in [0.1, 0.15) is 0 Å². The minimum Gasteiger partial charge on any atom is -0.465 e. The summed E-state index contributed by atoms with van der Waals surface area (Å²) in [5.74, 6) is -2.21. The lowest BCUT2D eigenvalue weighted by molar-refractivity contribution is 0.0499. The lowest BCUT2D eigenvalue weighted by atomic mass is 9.89.